The van der Waals surface area contributed by atoms with Gasteiger partial charge in [-0.15, -0.1) is 0 Å². The maximum atomic E-state index is 12.4. The van der Waals surface area contributed by atoms with E-state index >= 15 is 0 Å². The van der Waals surface area contributed by atoms with E-state index in [-0.39, 0.29) is 11.8 Å². The summed E-state index contributed by atoms with van der Waals surface area (Å²) in [5, 5.41) is 8.03. The van der Waals surface area contributed by atoms with Crippen LogP contribution in [0.3, 0.4) is 0 Å². The number of hydrogen-bond donors (Lipinski definition) is 4. The van der Waals surface area contributed by atoms with Crippen molar-refractivity contribution in [3.63, 3.8) is 0 Å². The summed E-state index contributed by atoms with van der Waals surface area (Å²) in [5.74, 6) is -0.563. The fourth-order valence-corrected chi connectivity index (χ4v) is 3.79. The van der Waals surface area contributed by atoms with Gasteiger partial charge >= 0.3 is 0 Å². The summed E-state index contributed by atoms with van der Waals surface area (Å²) >= 11 is 12.6. The topological polar surface area (TPSA) is 89.8 Å². The first-order valence-electron chi connectivity index (χ1n) is 9.15. The Morgan fingerprint density at radius 2 is 1.14 bits per heavy atom. The van der Waals surface area contributed by atoms with E-state index in [4.69, 9.17) is 23.2 Å². The van der Waals surface area contributed by atoms with Crippen LogP contribution >= 0.6 is 23.2 Å². The number of aromatic amines is 2. The minimum atomic E-state index is -0.281. The third-order valence-corrected chi connectivity index (χ3v) is 5.45. The molecule has 4 rings (SSSR count). The molecule has 29 heavy (non-hydrogen) atoms. The molecule has 0 unspecified atom stereocenters. The van der Waals surface area contributed by atoms with E-state index in [0.29, 0.717) is 40.9 Å². The van der Waals surface area contributed by atoms with Gasteiger partial charge in [0.2, 0.25) is 0 Å². The van der Waals surface area contributed by atoms with Crippen molar-refractivity contribution in [2.45, 2.75) is 6.42 Å². The summed E-state index contributed by atoms with van der Waals surface area (Å²) in [6.07, 6.45) is 0.563. The number of fused-ring (bicyclic) bond motifs is 2. The number of carbonyl (C=O) groups excluding carboxylic acids is 2. The van der Waals surface area contributed by atoms with E-state index in [9.17, 15) is 9.59 Å². The normalized spacial score (nSPS) is 11.1. The molecule has 4 N–H and O–H groups in total. The second-order valence-corrected chi connectivity index (χ2v) is 7.34. The molecule has 0 aliphatic carbocycles. The van der Waals surface area contributed by atoms with Gasteiger partial charge in [-0.05, 0) is 18.6 Å². The Hall–Kier alpha value is -2.96. The maximum Gasteiger partial charge on any atom is 0.269 e. The number of halogens is 2. The molecular formula is C21H18Cl2N4O2. The minimum absolute atomic E-state index is 0.281. The van der Waals surface area contributed by atoms with Crippen molar-refractivity contribution in [3.8, 4) is 0 Å². The highest BCUT2D eigenvalue weighted by atomic mass is 35.5. The summed E-state index contributed by atoms with van der Waals surface area (Å²) in [4.78, 5) is 30.8. The van der Waals surface area contributed by atoms with Crippen molar-refractivity contribution in [3.05, 3.63) is 70.0 Å². The van der Waals surface area contributed by atoms with Crippen LogP contribution in [0, 0.1) is 0 Å². The van der Waals surface area contributed by atoms with E-state index in [0.717, 1.165) is 21.8 Å². The highest BCUT2D eigenvalue weighted by molar-refractivity contribution is 6.39. The monoisotopic (exact) mass is 428 g/mol. The van der Waals surface area contributed by atoms with Gasteiger partial charge in [0.25, 0.3) is 11.8 Å². The molecule has 0 aliphatic heterocycles. The largest absolute Gasteiger partial charge is 0.351 e. The third kappa shape index (κ3) is 3.81. The Morgan fingerprint density at radius 1 is 0.724 bits per heavy atom. The first kappa shape index (κ1) is 19.4. The Bertz CT molecular complexity index is 1120. The molecule has 2 aromatic heterocycles. The molecule has 0 saturated carbocycles. The zero-order valence-corrected chi connectivity index (χ0v) is 16.8. The van der Waals surface area contributed by atoms with Gasteiger partial charge < -0.3 is 20.6 Å². The van der Waals surface area contributed by atoms with Crippen LogP contribution in [0.5, 0.6) is 0 Å². The molecule has 148 valence electrons. The number of amides is 2. The number of benzene rings is 2. The third-order valence-electron chi connectivity index (χ3n) is 4.66. The van der Waals surface area contributed by atoms with Crippen molar-refractivity contribution < 1.29 is 9.59 Å². The number of H-pyrrole nitrogens is 2. The standard InChI is InChI=1S/C21H18Cl2N4O2/c22-16-12-6-1-3-8-14(12)26-18(16)20(28)24-10-5-11-25-21(29)19-17(23)13-7-2-4-9-15(13)27-19/h1-4,6-9,26-27H,5,10-11H2,(H,24,28)(H,25,29). The lowest BCUT2D eigenvalue weighted by molar-refractivity contribution is 0.0947. The average Bonchev–Trinajstić information content (AvgIpc) is 3.25. The highest BCUT2D eigenvalue weighted by Gasteiger charge is 2.17. The van der Waals surface area contributed by atoms with Crippen LogP contribution in [0.4, 0.5) is 0 Å². The molecule has 0 atom stereocenters. The van der Waals surface area contributed by atoms with E-state index in [1.54, 1.807) is 0 Å². The average molecular weight is 429 g/mol. The van der Waals surface area contributed by atoms with Crippen molar-refractivity contribution >= 4 is 56.8 Å². The molecule has 0 aliphatic rings. The second-order valence-electron chi connectivity index (χ2n) is 6.58. The van der Waals surface area contributed by atoms with Crippen LogP contribution in [-0.4, -0.2) is 34.9 Å². The van der Waals surface area contributed by atoms with E-state index in [1.165, 1.54) is 0 Å². The molecule has 0 radical (unpaired) electrons. The second kappa shape index (κ2) is 8.19. The fraction of sp³-hybridized carbons (Fsp3) is 0.143. The molecule has 0 bridgehead atoms. The molecule has 8 heteroatoms. The molecular weight excluding hydrogens is 411 g/mol. The minimum Gasteiger partial charge on any atom is -0.351 e. The molecule has 2 heterocycles. The SMILES string of the molecule is O=C(NCCCNC(=O)c1[nH]c2ccccc2c1Cl)c1[nH]c2ccccc2c1Cl. The molecule has 0 saturated heterocycles. The molecule has 0 fully saturated rings. The van der Waals surface area contributed by atoms with Crippen molar-refractivity contribution in [2.24, 2.45) is 0 Å². The first-order valence-corrected chi connectivity index (χ1v) is 9.90. The van der Waals surface area contributed by atoms with Crippen molar-refractivity contribution in [1.82, 2.24) is 20.6 Å². The number of carbonyl (C=O) groups is 2. The Kier molecular flexibility index (Phi) is 5.47. The Morgan fingerprint density at radius 3 is 1.55 bits per heavy atom. The lowest BCUT2D eigenvalue weighted by atomic mass is 10.2. The predicted octanol–water partition coefficient (Wildman–Crippen LogP) is 4.51. The van der Waals surface area contributed by atoms with Crippen LogP contribution in [0.25, 0.3) is 21.8 Å². The van der Waals surface area contributed by atoms with Crippen LogP contribution < -0.4 is 10.6 Å². The summed E-state index contributed by atoms with van der Waals surface area (Å²) in [7, 11) is 0. The van der Waals surface area contributed by atoms with Gasteiger partial charge in [-0.1, -0.05) is 59.6 Å². The first-order chi connectivity index (χ1) is 14.1. The zero-order valence-electron chi connectivity index (χ0n) is 15.3. The van der Waals surface area contributed by atoms with Gasteiger partial charge in [-0.3, -0.25) is 9.59 Å². The number of aromatic nitrogens is 2. The highest BCUT2D eigenvalue weighted by Crippen LogP contribution is 2.28. The number of nitrogens with one attached hydrogen (secondary N) is 4. The summed E-state index contributed by atoms with van der Waals surface area (Å²) < 4.78 is 0. The predicted molar refractivity (Wildman–Crippen MR) is 116 cm³/mol. The molecule has 2 aromatic carbocycles. The zero-order chi connectivity index (χ0) is 20.4. The summed E-state index contributed by atoms with van der Waals surface area (Å²) in [5.41, 5.74) is 2.29. The molecule has 0 spiro atoms. The van der Waals surface area contributed by atoms with E-state index < -0.39 is 0 Å². The van der Waals surface area contributed by atoms with Gasteiger partial charge in [0.05, 0.1) is 10.0 Å². The molecule has 4 aromatic rings. The van der Waals surface area contributed by atoms with E-state index in [1.807, 2.05) is 48.5 Å². The summed E-state index contributed by atoms with van der Waals surface area (Å²) in [6.45, 7) is 0.788. The lowest BCUT2D eigenvalue weighted by Gasteiger charge is -2.06. The summed E-state index contributed by atoms with van der Waals surface area (Å²) in [6, 6.07) is 14.9. The van der Waals surface area contributed by atoms with Crippen molar-refractivity contribution in [1.29, 1.82) is 0 Å². The molecule has 2 amide bonds. The van der Waals surface area contributed by atoms with Gasteiger partial charge in [0.15, 0.2) is 0 Å². The quantitative estimate of drug-likeness (QED) is 0.340. The lowest BCUT2D eigenvalue weighted by Crippen LogP contribution is -2.30. The van der Waals surface area contributed by atoms with Crippen LogP contribution in [0.2, 0.25) is 10.0 Å². The smallest absolute Gasteiger partial charge is 0.269 e. The number of hydrogen-bond acceptors (Lipinski definition) is 2. The van der Waals surface area contributed by atoms with Gasteiger partial charge in [-0.2, -0.15) is 0 Å². The van der Waals surface area contributed by atoms with Gasteiger partial charge in [-0.25, -0.2) is 0 Å². The van der Waals surface area contributed by atoms with Gasteiger partial charge in [0, 0.05) is 34.9 Å². The maximum absolute atomic E-state index is 12.4. The van der Waals surface area contributed by atoms with Crippen LogP contribution in [0.15, 0.2) is 48.5 Å². The Balaban J connectivity index is 1.29. The number of para-hydroxylation sites is 2. The van der Waals surface area contributed by atoms with Gasteiger partial charge in [0.1, 0.15) is 11.4 Å². The van der Waals surface area contributed by atoms with Crippen LogP contribution in [0.1, 0.15) is 27.4 Å². The Labute approximate surface area is 176 Å². The molecule has 6 nitrogen and oxygen atoms in total. The fourth-order valence-electron chi connectivity index (χ4n) is 3.20. The van der Waals surface area contributed by atoms with Crippen molar-refractivity contribution in [2.75, 3.05) is 13.1 Å². The number of rotatable bonds is 6. The van der Waals surface area contributed by atoms with Crippen LogP contribution in [-0.2, 0) is 0 Å². The van der Waals surface area contributed by atoms with E-state index in [2.05, 4.69) is 20.6 Å².